The van der Waals surface area contributed by atoms with Crippen LogP contribution in [0.5, 0.6) is 0 Å². The lowest BCUT2D eigenvalue weighted by molar-refractivity contribution is 0.579. The first-order chi connectivity index (χ1) is 6.21. The first-order valence-electron chi connectivity index (χ1n) is 3.17. The molecule has 9 heteroatoms. The second kappa shape index (κ2) is 2.62. The zero-order valence-corrected chi connectivity index (χ0v) is 6.98. The molecule has 0 radical (unpaired) electrons. The average Bonchev–Trinajstić information content (AvgIpc) is 2.78. The Hall–Kier alpha value is -1.77. The summed E-state index contributed by atoms with van der Waals surface area (Å²) in [7, 11) is -3.71. The SMILES string of the molecule is O=S(=O)(c1ncn[nH]1)c1ncn[nH]1. The Bertz CT molecular complexity index is 430. The van der Waals surface area contributed by atoms with Crippen LogP contribution >= 0.6 is 0 Å². The number of rotatable bonds is 2. The van der Waals surface area contributed by atoms with E-state index in [0.29, 0.717) is 0 Å². The van der Waals surface area contributed by atoms with E-state index in [2.05, 4.69) is 30.4 Å². The Morgan fingerprint density at radius 1 is 1.00 bits per heavy atom. The smallest absolute Gasteiger partial charge is 0.250 e. The molecule has 2 aromatic rings. The standard InChI is InChI=1S/C4H4N6O2S/c11-13(12,3-5-1-7-9-3)4-6-2-8-10-4/h1-2H,(H,5,7,9)(H,6,8,10). The van der Waals surface area contributed by atoms with E-state index in [4.69, 9.17) is 0 Å². The van der Waals surface area contributed by atoms with Gasteiger partial charge in [0.1, 0.15) is 12.7 Å². The molecule has 2 N–H and O–H groups in total. The third kappa shape index (κ3) is 1.18. The first-order valence-corrected chi connectivity index (χ1v) is 4.65. The number of H-pyrrole nitrogens is 2. The molecular weight excluding hydrogens is 196 g/mol. The topological polar surface area (TPSA) is 117 Å². The minimum absolute atomic E-state index is 0.260. The normalized spacial score (nSPS) is 11.7. The Morgan fingerprint density at radius 2 is 1.46 bits per heavy atom. The maximum atomic E-state index is 11.5. The molecule has 2 rings (SSSR count). The van der Waals surface area contributed by atoms with Crippen molar-refractivity contribution in [3.63, 3.8) is 0 Å². The average molecular weight is 200 g/mol. The van der Waals surface area contributed by atoms with Gasteiger partial charge in [0.25, 0.3) is 20.2 Å². The van der Waals surface area contributed by atoms with Crippen LogP contribution in [-0.4, -0.2) is 38.8 Å². The third-order valence-corrected chi connectivity index (χ3v) is 2.71. The Morgan fingerprint density at radius 3 is 1.77 bits per heavy atom. The van der Waals surface area contributed by atoms with E-state index in [1.54, 1.807) is 0 Å². The van der Waals surface area contributed by atoms with Crippen LogP contribution in [0, 0.1) is 0 Å². The van der Waals surface area contributed by atoms with Gasteiger partial charge in [-0.1, -0.05) is 0 Å². The monoisotopic (exact) mass is 200 g/mol. The van der Waals surface area contributed by atoms with E-state index >= 15 is 0 Å². The summed E-state index contributed by atoms with van der Waals surface area (Å²) in [6, 6.07) is 0. The van der Waals surface area contributed by atoms with Crippen LogP contribution in [0.2, 0.25) is 0 Å². The Kier molecular flexibility index (Phi) is 1.59. The highest BCUT2D eigenvalue weighted by molar-refractivity contribution is 7.91. The van der Waals surface area contributed by atoms with Gasteiger partial charge in [0.15, 0.2) is 0 Å². The van der Waals surface area contributed by atoms with Crippen molar-refractivity contribution in [1.82, 2.24) is 30.4 Å². The van der Waals surface area contributed by atoms with E-state index in [0.717, 1.165) is 12.7 Å². The zero-order chi connectivity index (χ0) is 9.31. The van der Waals surface area contributed by atoms with Gasteiger partial charge in [-0.2, -0.15) is 10.2 Å². The molecule has 0 atom stereocenters. The van der Waals surface area contributed by atoms with Crippen molar-refractivity contribution in [3.05, 3.63) is 12.7 Å². The van der Waals surface area contributed by atoms with Crippen molar-refractivity contribution >= 4 is 9.84 Å². The molecule has 2 aromatic heterocycles. The molecule has 68 valence electrons. The van der Waals surface area contributed by atoms with Crippen LogP contribution in [-0.2, 0) is 9.84 Å². The largest absolute Gasteiger partial charge is 0.276 e. The quantitative estimate of drug-likeness (QED) is 0.625. The lowest BCUT2D eigenvalue weighted by Crippen LogP contribution is -2.06. The number of sulfone groups is 1. The minimum atomic E-state index is -3.71. The Labute approximate surface area is 72.3 Å². The van der Waals surface area contributed by atoms with Crippen molar-refractivity contribution in [1.29, 1.82) is 0 Å². The number of aromatic amines is 2. The number of nitrogens with zero attached hydrogens (tertiary/aromatic N) is 4. The summed E-state index contributed by atoms with van der Waals surface area (Å²) in [6.07, 6.45) is 2.20. The molecule has 0 amide bonds. The van der Waals surface area contributed by atoms with Crippen LogP contribution in [0.15, 0.2) is 23.0 Å². The van der Waals surface area contributed by atoms with E-state index in [1.807, 2.05) is 0 Å². The van der Waals surface area contributed by atoms with Gasteiger partial charge < -0.3 is 0 Å². The second-order valence-corrected chi connectivity index (χ2v) is 3.86. The fraction of sp³-hybridized carbons (Fsp3) is 0. The molecule has 0 unspecified atom stereocenters. The summed E-state index contributed by atoms with van der Waals surface area (Å²) in [5.41, 5.74) is 0. The molecule has 0 aliphatic carbocycles. The molecule has 2 heterocycles. The molecule has 8 nitrogen and oxygen atoms in total. The van der Waals surface area contributed by atoms with E-state index < -0.39 is 9.84 Å². The number of nitrogens with one attached hydrogen (secondary N) is 2. The van der Waals surface area contributed by atoms with Gasteiger partial charge in [0.05, 0.1) is 0 Å². The van der Waals surface area contributed by atoms with Crippen molar-refractivity contribution in [2.45, 2.75) is 10.3 Å². The molecule has 0 aliphatic heterocycles. The van der Waals surface area contributed by atoms with Crippen LogP contribution in [0.3, 0.4) is 0 Å². The summed E-state index contributed by atoms with van der Waals surface area (Å²) in [5.74, 6) is 0. The van der Waals surface area contributed by atoms with Gasteiger partial charge in [0, 0.05) is 0 Å². The highest BCUT2D eigenvalue weighted by Crippen LogP contribution is 2.09. The van der Waals surface area contributed by atoms with E-state index in [9.17, 15) is 8.42 Å². The highest BCUT2D eigenvalue weighted by Gasteiger charge is 2.23. The summed E-state index contributed by atoms with van der Waals surface area (Å²) >= 11 is 0. The fourth-order valence-electron chi connectivity index (χ4n) is 0.739. The molecule has 13 heavy (non-hydrogen) atoms. The molecule has 0 spiro atoms. The predicted molar refractivity (Wildman–Crippen MR) is 38.2 cm³/mol. The predicted octanol–water partition coefficient (Wildman–Crippen LogP) is -1.24. The molecule has 0 saturated heterocycles. The lowest BCUT2D eigenvalue weighted by Gasteiger charge is -1.92. The maximum Gasteiger partial charge on any atom is 0.276 e. The number of aromatic nitrogens is 6. The van der Waals surface area contributed by atoms with Crippen molar-refractivity contribution in [2.24, 2.45) is 0 Å². The fourth-order valence-corrected chi connectivity index (χ4v) is 1.64. The van der Waals surface area contributed by atoms with Crippen molar-refractivity contribution < 1.29 is 8.42 Å². The second-order valence-electron chi connectivity index (χ2n) is 2.08. The van der Waals surface area contributed by atoms with Gasteiger partial charge in [-0.3, -0.25) is 0 Å². The third-order valence-electron chi connectivity index (χ3n) is 1.29. The van der Waals surface area contributed by atoms with Crippen LogP contribution < -0.4 is 0 Å². The molecule has 0 saturated carbocycles. The van der Waals surface area contributed by atoms with Gasteiger partial charge >= 0.3 is 0 Å². The maximum absolute atomic E-state index is 11.5. The summed E-state index contributed by atoms with van der Waals surface area (Å²) in [4.78, 5) is 7.00. The first kappa shape index (κ1) is 7.86. The molecule has 0 bridgehead atoms. The van der Waals surface area contributed by atoms with Crippen molar-refractivity contribution in [2.75, 3.05) is 0 Å². The van der Waals surface area contributed by atoms with Gasteiger partial charge in [-0.05, 0) is 0 Å². The van der Waals surface area contributed by atoms with Gasteiger partial charge in [0.2, 0.25) is 0 Å². The Balaban J connectivity index is 2.56. The molecule has 0 fully saturated rings. The molecule has 0 aromatic carbocycles. The highest BCUT2D eigenvalue weighted by atomic mass is 32.2. The molecular formula is C4H4N6O2S. The van der Waals surface area contributed by atoms with Crippen molar-refractivity contribution in [3.8, 4) is 0 Å². The number of hydrogen-bond acceptors (Lipinski definition) is 6. The van der Waals surface area contributed by atoms with Gasteiger partial charge in [-0.15, -0.1) is 0 Å². The zero-order valence-electron chi connectivity index (χ0n) is 6.17. The summed E-state index contributed by atoms with van der Waals surface area (Å²) in [5, 5.41) is 10.8. The van der Waals surface area contributed by atoms with E-state index in [1.165, 1.54) is 0 Å². The van der Waals surface area contributed by atoms with E-state index in [-0.39, 0.29) is 10.3 Å². The van der Waals surface area contributed by atoms with Crippen LogP contribution in [0.25, 0.3) is 0 Å². The van der Waals surface area contributed by atoms with Gasteiger partial charge in [-0.25, -0.2) is 28.6 Å². The summed E-state index contributed by atoms with van der Waals surface area (Å²) < 4.78 is 23.0. The lowest BCUT2D eigenvalue weighted by atomic mass is 11.3. The minimum Gasteiger partial charge on any atom is -0.250 e. The van der Waals surface area contributed by atoms with Crippen LogP contribution in [0.1, 0.15) is 0 Å². The number of hydrogen-bond donors (Lipinski definition) is 2. The summed E-state index contributed by atoms with van der Waals surface area (Å²) in [6.45, 7) is 0. The van der Waals surface area contributed by atoms with Crippen LogP contribution in [0.4, 0.5) is 0 Å². The molecule has 0 aliphatic rings.